The van der Waals surface area contributed by atoms with Crippen LogP contribution in [0.15, 0.2) is 28.0 Å². The van der Waals surface area contributed by atoms with Crippen LogP contribution in [-0.4, -0.2) is 57.1 Å². The van der Waals surface area contributed by atoms with Crippen molar-refractivity contribution < 1.29 is 5.11 Å². The van der Waals surface area contributed by atoms with Gasteiger partial charge in [-0.15, -0.1) is 26.7 Å². The minimum Gasteiger partial charge on any atom is -0.395 e. The average molecular weight is 399 g/mol. The Morgan fingerprint density at radius 3 is 2.71 bits per heavy atom. The van der Waals surface area contributed by atoms with Crippen molar-refractivity contribution in [3.05, 3.63) is 23.3 Å². The van der Waals surface area contributed by atoms with Crippen LogP contribution in [0.2, 0.25) is 0 Å². The van der Waals surface area contributed by atoms with Gasteiger partial charge in [0.05, 0.1) is 12.8 Å². The molecule has 28 heavy (non-hydrogen) atoms. The van der Waals surface area contributed by atoms with Gasteiger partial charge < -0.3 is 21.1 Å². The summed E-state index contributed by atoms with van der Waals surface area (Å²) < 4.78 is 1.47. The van der Waals surface area contributed by atoms with Crippen molar-refractivity contribution in [2.75, 3.05) is 43.2 Å². The molecule has 3 aromatic rings. The summed E-state index contributed by atoms with van der Waals surface area (Å²) in [5.74, 6) is 1.31. The lowest BCUT2D eigenvalue weighted by Crippen LogP contribution is -2.10. The highest BCUT2D eigenvalue weighted by molar-refractivity contribution is 7.12. The fourth-order valence-electron chi connectivity index (χ4n) is 2.18. The Labute approximate surface area is 164 Å². The van der Waals surface area contributed by atoms with Gasteiger partial charge in [-0.05, 0) is 0 Å². The van der Waals surface area contributed by atoms with Gasteiger partial charge in [-0.3, -0.25) is 0 Å². The van der Waals surface area contributed by atoms with Gasteiger partial charge in [-0.2, -0.15) is 15.2 Å². The van der Waals surface area contributed by atoms with Crippen molar-refractivity contribution in [1.29, 1.82) is 5.26 Å². The lowest BCUT2D eigenvalue weighted by Gasteiger charge is -2.12. The average Bonchev–Trinajstić information content (AvgIpc) is 3.39. The van der Waals surface area contributed by atoms with Crippen molar-refractivity contribution in [2.45, 2.75) is 0 Å². The summed E-state index contributed by atoms with van der Waals surface area (Å²) >= 11 is 1.38. The van der Waals surface area contributed by atoms with E-state index in [9.17, 15) is 5.26 Å². The number of anilines is 3. The number of aliphatic hydroxyl groups excluding tert-OH is 1. The molecular weight excluding hydrogens is 382 g/mol. The van der Waals surface area contributed by atoms with Crippen molar-refractivity contribution in [2.24, 2.45) is 10.2 Å². The molecule has 0 aromatic carbocycles. The van der Waals surface area contributed by atoms with E-state index in [1.165, 1.54) is 22.2 Å². The Morgan fingerprint density at radius 1 is 1.25 bits per heavy atom. The number of hydrogen-bond donors (Lipinski definition) is 4. The predicted molar refractivity (Wildman–Crippen MR) is 105 cm³/mol. The Morgan fingerprint density at radius 2 is 2.07 bits per heavy atom. The molecular formula is C15H17N11OS. The van der Waals surface area contributed by atoms with Gasteiger partial charge in [0.15, 0.2) is 17.3 Å². The quantitative estimate of drug-likeness (QED) is 0.414. The summed E-state index contributed by atoms with van der Waals surface area (Å²) in [6.07, 6.45) is 3.19. The van der Waals surface area contributed by atoms with E-state index in [1.807, 2.05) is 11.4 Å². The minimum absolute atomic E-state index is 0.0822. The molecule has 0 spiro atoms. The third-order valence-electron chi connectivity index (χ3n) is 3.42. The minimum atomic E-state index is -0.0822. The molecule has 144 valence electrons. The molecule has 0 atom stereocenters. The number of azo groups is 1. The summed E-state index contributed by atoms with van der Waals surface area (Å²) in [7, 11) is 3.38. The molecule has 0 amide bonds. The maximum Gasteiger partial charge on any atom is 0.226 e. The zero-order chi connectivity index (χ0) is 19.9. The van der Waals surface area contributed by atoms with Crippen molar-refractivity contribution in [3.63, 3.8) is 0 Å². The Bertz CT molecular complexity index is 1010. The van der Waals surface area contributed by atoms with Crippen molar-refractivity contribution in [1.82, 2.24) is 24.7 Å². The second kappa shape index (κ2) is 8.84. The number of hydrogen-bond acceptors (Lipinski definition) is 12. The fourth-order valence-corrected chi connectivity index (χ4v) is 2.74. The molecule has 12 nitrogen and oxygen atoms in total. The first-order chi connectivity index (χ1) is 13.7. The van der Waals surface area contributed by atoms with Gasteiger partial charge in [0.1, 0.15) is 11.6 Å². The van der Waals surface area contributed by atoms with Crippen LogP contribution < -0.4 is 16.0 Å². The van der Waals surface area contributed by atoms with Crippen LogP contribution in [-0.2, 0) is 0 Å². The second-order valence-corrected chi connectivity index (χ2v) is 6.05. The van der Waals surface area contributed by atoms with Crippen LogP contribution in [0.4, 0.5) is 29.1 Å². The zero-order valence-corrected chi connectivity index (χ0v) is 15.9. The fraction of sp³-hybridized carbons (Fsp3) is 0.267. The maximum atomic E-state index is 9.36. The van der Waals surface area contributed by atoms with Crippen LogP contribution >= 0.6 is 11.3 Å². The van der Waals surface area contributed by atoms with Gasteiger partial charge in [-0.1, -0.05) is 0 Å². The number of rotatable bonds is 8. The molecule has 3 aromatic heterocycles. The zero-order valence-electron chi connectivity index (χ0n) is 15.1. The highest BCUT2D eigenvalue weighted by Gasteiger charge is 2.15. The number of nitrogens with one attached hydrogen (secondary N) is 3. The molecule has 0 aliphatic heterocycles. The lowest BCUT2D eigenvalue weighted by molar-refractivity contribution is 0.311. The van der Waals surface area contributed by atoms with E-state index < -0.39 is 0 Å². The largest absolute Gasteiger partial charge is 0.395 e. The standard InChI is InChI=1S/C15H17N11OS/c1-17-12-10(13(19-3-5-27)22-14(18-2)21-12)23-24-11-9(7-16)8-26(25-11)15-20-4-6-28-15/h4,6,8,27H,3,5H2,1-2H3,(H3,17,18,19,21,22)/b24-23+. The number of nitriles is 1. The maximum absolute atomic E-state index is 9.36. The molecule has 3 heterocycles. The van der Waals surface area contributed by atoms with Crippen LogP contribution in [0, 0.1) is 11.3 Å². The van der Waals surface area contributed by atoms with E-state index in [1.54, 1.807) is 20.3 Å². The second-order valence-electron chi connectivity index (χ2n) is 5.18. The predicted octanol–water partition coefficient (Wildman–Crippen LogP) is 1.89. The Kier molecular flexibility index (Phi) is 6.04. The van der Waals surface area contributed by atoms with Crippen LogP contribution in [0.1, 0.15) is 5.56 Å². The Balaban J connectivity index is 2.01. The molecule has 0 radical (unpaired) electrons. The van der Waals surface area contributed by atoms with E-state index >= 15 is 0 Å². The van der Waals surface area contributed by atoms with E-state index in [4.69, 9.17) is 5.11 Å². The number of nitrogens with zero attached hydrogens (tertiary/aromatic N) is 8. The molecule has 0 unspecified atom stereocenters. The topological polar surface area (TPSA) is 161 Å². The van der Waals surface area contributed by atoms with E-state index in [2.05, 4.69) is 46.2 Å². The molecule has 3 rings (SSSR count). The third-order valence-corrected chi connectivity index (χ3v) is 4.18. The molecule has 0 bridgehead atoms. The summed E-state index contributed by atoms with van der Waals surface area (Å²) in [5, 5.41) is 42.2. The van der Waals surface area contributed by atoms with Gasteiger partial charge in [0.2, 0.25) is 16.9 Å². The van der Waals surface area contributed by atoms with E-state index in [-0.39, 0.29) is 24.5 Å². The molecule has 0 aliphatic rings. The summed E-state index contributed by atoms with van der Waals surface area (Å²) in [6, 6.07) is 2.04. The third kappa shape index (κ3) is 4.03. The molecule has 0 fully saturated rings. The number of aromatic nitrogens is 5. The van der Waals surface area contributed by atoms with E-state index in [0.29, 0.717) is 28.4 Å². The molecule has 13 heteroatoms. The molecule has 0 saturated heterocycles. The first kappa shape index (κ1) is 19.1. The highest BCUT2D eigenvalue weighted by Crippen LogP contribution is 2.33. The van der Waals surface area contributed by atoms with Crippen LogP contribution in [0.25, 0.3) is 5.13 Å². The normalized spacial score (nSPS) is 10.8. The van der Waals surface area contributed by atoms with Crippen LogP contribution in [0.5, 0.6) is 0 Å². The summed E-state index contributed by atoms with van der Waals surface area (Å²) in [6.45, 7) is 0.190. The molecule has 0 aliphatic carbocycles. The number of thiazole rings is 1. The SMILES string of the molecule is CNc1nc(NC)c(/N=N/c2nn(-c3nccs3)cc2C#N)c(NCCO)n1. The van der Waals surface area contributed by atoms with Gasteiger partial charge in [0.25, 0.3) is 0 Å². The monoisotopic (exact) mass is 399 g/mol. The summed E-state index contributed by atoms with van der Waals surface area (Å²) in [4.78, 5) is 12.7. The first-order valence-electron chi connectivity index (χ1n) is 8.13. The highest BCUT2D eigenvalue weighted by atomic mass is 32.1. The smallest absolute Gasteiger partial charge is 0.226 e. The number of aliphatic hydroxyl groups is 1. The summed E-state index contributed by atoms with van der Waals surface area (Å²) in [5.41, 5.74) is 0.574. The van der Waals surface area contributed by atoms with Crippen LogP contribution in [0.3, 0.4) is 0 Å². The molecule has 0 saturated carbocycles. The van der Waals surface area contributed by atoms with Gasteiger partial charge in [0, 0.05) is 32.2 Å². The Hall–Kier alpha value is -3.63. The van der Waals surface area contributed by atoms with Gasteiger partial charge in [-0.25, -0.2) is 9.67 Å². The van der Waals surface area contributed by atoms with Gasteiger partial charge >= 0.3 is 0 Å². The van der Waals surface area contributed by atoms with Crippen molar-refractivity contribution in [3.8, 4) is 11.2 Å². The molecule has 4 N–H and O–H groups in total. The van der Waals surface area contributed by atoms with E-state index in [0.717, 1.165) is 0 Å². The van der Waals surface area contributed by atoms with Crippen molar-refractivity contribution >= 4 is 40.4 Å². The first-order valence-corrected chi connectivity index (χ1v) is 9.01. The lowest BCUT2D eigenvalue weighted by atomic mass is 10.4.